The van der Waals surface area contributed by atoms with Crippen LogP contribution in [0.4, 0.5) is 16.2 Å². The standard InChI is InChI=1S/C16H24N4O2/c1-17-15(21)12-18-16(22)19-13-8-4-5-9-14(13)20-10-6-2-3-7-11-20/h4-5,8-9H,2-3,6-7,10-12H2,1H3,(H,17,21)(H2,18,19,22). The van der Waals surface area contributed by atoms with Crippen LogP contribution in [0.2, 0.25) is 0 Å². The Hall–Kier alpha value is -2.24. The van der Waals surface area contributed by atoms with Crippen LogP contribution < -0.4 is 20.9 Å². The fourth-order valence-corrected chi connectivity index (χ4v) is 2.58. The minimum absolute atomic E-state index is 0.0335. The number of benzene rings is 1. The van der Waals surface area contributed by atoms with E-state index in [1.807, 2.05) is 24.3 Å². The molecule has 22 heavy (non-hydrogen) atoms. The summed E-state index contributed by atoms with van der Waals surface area (Å²) < 4.78 is 0. The smallest absolute Gasteiger partial charge is 0.319 e. The van der Waals surface area contributed by atoms with Gasteiger partial charge in [-0.3, -0.25) is 4.79 Å². The molecule has 3 amide bonds. The molecule has 0 saturated carbocycles. The third-order valence-corrected chi connectivity index (χ3v) is 3.79. The van der Waals surface area contributed by atoms with Gasteiger partial charge >= 0.3 is 6.03 Å². The minimum Gasteiger partial charge on any atom is -0.370 e. The third kappa shape index (κ3) is 4.65. The fraction of sp³-hybridized carbons (Fsp3) is 0.500. The van der Waals surface area contributed by atoms with Crippen LogP contribution in [0.15, 0.2) is 24.3 Å². The molecule has 0 aliphatic carbocycles. The summed E-state index contributed by atoms with van der Waals surface area (Å²) in [5.74, 6) is -0.226. The molecule has 0 unspecified atom stereocenters. The van der Waals surface area contributed by atoms with Crippen LogP contribution >= 0.6 is 0 Å². The molecule has 1 aromatic rings. The van der Waals surface area contributed by atoms with Crippen LogP contribution in [0.3, 0.4) is 0 Å². The number of urea groups is 1. The molecule has 6 nitrogen and oxygen atoms in total. The predicted molar refractivity (Wildman–Crippen MR) is 88.2 cm³/mol. The summed E-state index contributed by atoms with van der Waals surface area (Å²) in [7, 11) is 1.54. The van der Waals surface area contributed by atoms with E-state index in [4.69, 9.17) is 0 Å². The van der Waals surface area contributed by atoms with Crippen LogP contribution in [-0.2, 0) is 4.79 Å². The number of amides is 3. The van der Waals surface area contributed by atoms with Crippen molar-refractivity contribution in [3.63, 3.8) is 0 Å². The lowest BCUT2D eigenvalue weighted by atomic mass is 10.2. The zero-order chi connectivity index (χ0) is 15.8. The summed E-state index contributed by atoms with van der Waals surface area (Å²) in [4.78, 5) is 25.4. The molecule has 2 rings (SSSR count). The van der Waals surface area contributed by atoms with Crippen molar-refractivity contribution < 1.29 is 9.59 Å². The topological polar surface area (TPSA) is 73.5 Å². The van der Waals surface area contributed by atoms with Gasteiger partial charge in [0.15, 0.2) is 0 Å². The Labute approximate surface area is 131 Å². The van der Waals surface area contributed by atoms with Gasteiger partial charge in [-0.25, -0.2) is 4.79 Å². The van der Waals surface area contributed by atoms with Crippen LogP contribution in [0.1, 0.15) is 25.7 Å². The van der Waals surface area contributed by atoms with Gasteiger partial charge in [0.1, 0.15) is 0 Å². The van der Waals surface area contributed by atoms with Crippen molar-refractivity contribution in [3.8, 4) is 0 Å². The van der Waals surface area contributed by atoms with Crippen molar-refractivity contribution in [3.05, 3.63) is 24.3 Å². The third-order valence-electron chi connectivity index (χ3n) is 3.79. The van der Waals surface area contributed by atoms with Crippen LogP contribution in [0, 0.1) is 0 Å². The molecule has 1 saturated heterocycles. The van der Waals surface area contributed by atoms with E-state index in [2.05, 4.69) is 20.9 Å². The number of nitrogens with one attached hydrogen (secondary N) is 3. The van der Waals surface area contributed by atoms with E-state index in [9.17, 15) is 9.59 Å². The molecule has 1 aromatic carbocycles. The number of nitrogens with zero attached hydrogens (tertiary/aromatic N) is 1. The Balaban J connectivity index is 2.01. The molecule has 0 aromatic heterocycles. The first-order valence-corrected chi connectivity index (χ1v) is 7.80. The molecule has 3 N–H and O–H groups in total. The van der Waals surface area contributed by atoms with Crippen molar-refractivity contribution in [2.24, 2.45) is 0 Å². The molecule has 0 bridgehead atoms. The highest BCUT2D eigenvalue weighted by Gasteiger charge is 2.14. The Morgan fingerprint density at radius 3 is 2.45 bits per heavy atom. The maximum absolute atomic E-state index is 11.9. The zero-order valence-corrected chi connectivity index (χ0v) is 13.0. The van der Waals surface area contributed by atoms with E-state index in [1.165, 1.54) is 32.7 Å². The Morgan fingerprint density at radius 2 is 1.77 bits per heavy atom. The number of carbonyl (C=O) groups excluding carboxylic acids is 2. The lowest BCUT2D eigenvalue weighted by molar-refractivity contribution is -0.119. The van der Waals surface area contributed by atoms with Gasteiger partial charge in [-0.15, -0.1) is 0 Å². The van der Waals surface area contributed by atoms with E-state index < -0.39 is 0 Å². The van der Waals surface area contributed by atoms with Crippen molar-refractivity contribution in [1.29, 1.82) is 0 Å². The molecule has 1 aliphatic rings. The average molecular weight is 304 g/mol. The van der Waals surface area contributed by atoms with Crippen molar-refractivity contribution >= 4 is 23.3 Å². The number of anilines is 2. The summed E-state index contributed by atoms with van der Waals surface area (Å²) in [6.45, 7) is 1.99. The molecular weight excluding hydrogens is 280 g/mol. The number of hydrogen-bond acceptors (Lipinski definition) is 3. The quantitative estimate of drug-likeness (QED) is 0.796. The van der Waals surface area contributed by atoms with Crippen molar-refractivity contribution in [2.45, 2.75) is 25.7 Å². The number of rotatable bonds is 4. The monoisotopic (exact) mass is 304 g/mol. The molecule has 1 fully saturated rings. The zero-order valence-electron chi connectivity index (χ0n) is 13.0. The summed E-state index contributed by atoms with van der Waals surface area (Å²) in [5.41, 5.74) is 1.82. The van der Waals surface area contributed by atoms with E-state index >= 15 is 0 Å². The second-order valence-electron chi connectivity index (χ2n) is 5.40. The molecule has 1 aliphatic heterocycles. The molecule has 120 valence electrons. The summed E-state index contributed by atoms with van der Waals surface area (Å²) in [6, 6.07) is 7.42. The molecule has 0 spiro atoms. The Bertz CT molecular complexity index is 511. The molecule has 1 heterocycles. The van der Waals surface area contributed by atoms with Gasteiger partial charge in [-0.05, 0) is 25.0 Å². The average Bonchev–Trinajstić information content (AvgIpc) is 2.82. The van der Waals surface area contributed by atoms with Crippen LogP contribution in [0.25, 0.3) is 0 Å². The van der Waals surface area contributed by atoms with Crippen LogP contribution in [-0.4, -0.2) is 38.6 Å². The summed E-state index contributed by atoms with van der Waals surface area (Å²) in [6.07, 6.45) is 4.88. The van der Waals surface area contributed by atoms with E-state index in [-0.39, 0.29) is 18.5 Å². The van der Waals surface area contributed by atoms with Gasteiger partial charge < -0.3 is 20.9 Å². The number of likely N-dealkylation sites (N-methyl/N-ethyl adjacent to an activating group) is 1. The van der Waals surface area contributed by atoms with E-state index in [0.717, 1.165) is 24.5 Å². The van der Waals surface area contributed by atoms with Gasteiger partial charge in [-0.2, -0.15) is 0 Å². The largest absolute Gasteiger partial charge is 0.370 e. The van der Waals surface area contributed by atoms with Gasteiger partial charge in [0.05, 0.1) is 17.9 Å². The highest BCUT2D eigenvalue weighted by atomic mass is 16.2. The van der Waals surface area contributed by atoms with Crippen LogP contribution in [0.5, 0.6) is 0 Å². The Kier molecular flexibility index (Phi) is 6.06. The fourth-order valence-electron chi connectivity index (χ4n) is 2.58. The van der Waals surface area contributed by atoms with Gasteiger partial charge in [0.25, 0.3) is 0 Å². The van der Waals surface area contributed by atoms with Crippen molar-refractivity contribution in [1.82, 2.24) is 10.6 Å². The molecule has 6 heteroatoms. The summed E-state index contributed by atoms with van der Waals surface area (Å²) >= 11 is 0. The Morgan fingerprint density at radius 1 is 1.09 bits per heavy atom. The van der Waals surface area contributed by atoms with E-state index in [1.54, 1.807) is 0 Å². The van der Waals surface area contributed by atoms with Crippen molar-refractivity contribution in [2.75, 3.05) is 36.9 Å². The normalized spacial score (nSPS) is 14.9. The SMILES string of the molecule is CNC(=O)CNC(=O)Nc1ccccc1N1CCCCCC1. The van der Waals surface area contributed by atoms with Gasteiger partial charge in [0.2, 0.25) is 5.91 Å². The number of para-hydroxylation sites is 2. The maximum atomic E-state index is 11.9. The minimum atomic E-state index is -0.370. The lowest BCUT2D eigenvalue weighted by Gasteiger charge is -2.25. The first-order valence-electron chi connectivity index (χ1n) is 7.80. The second-order valence-corrected chi connectivity index (χ2v) is 5.40. The number of hydrogen-bond donors (Lipinski definition) is 3. The highest BCUT2D eigenvalue weighted by Crippen LogP contribution is 2.27. The molecule has 0 radical (unpaired) electrons. The first-order chi connectivity index (χ1) is 10.7. The predicted octanol–water partition coefficient (Wildman–Crippen LogP) is 1.93. The highest BCUT2D eigenvalue weighted by molar-refractivity contribution is 5.95. The van der Waals surface area contributed by atoms with Gasteiger partial charge in [-0.1, -0.05) is 25.0 Å². The number of carbonyl (C=O) groups is 2. The van der Waals surface area contributed by atoms with E-state index in [0.29, 0.717) is 0 Å². The second kappa shape index (κ2) is 8.26. The van der Waals surface area contributed by atoms with Gasteiger partial charge in [0, 0.05) is 20.1 Å². The summed E-state index contributed by atoms with van der Waals surface area (Å²) in [5, 5.41) is 7.84. The maximum Gasteiger partial charge on any atom is 0.319 e. The lowest BCUT2D eigenvalue weighted by Crippen LogP contribution is -2.38. The molecule has 0 atom stereocenters. The first kappa shape index (κ1) is 16.1. The molecular formula is C16H24N4O2.